The smallest absolute Gasteiger partial charge is 0.129 e. The molecule has 0 unspecified atom stereocenters. The normalized spacial score (nSPS) is 10.4. The third kappa shape index (κ3) is 1.44. The minimum absolute atomic E-state index is 0.595. The predicted molar refractivity (Wildman–Crippen MR) is 57.2 cm³/mol. The highest BCUT2D eigenvalue weighted by Gasteiger charge is 2.02. The zero-order valence-electron chi connectivity index (χ0n) is 8.05. The lowest BCUT2D eigenvalue weighted by Crippen LogP contribution is -1.96. The summed E-state index contributed by atoms with van der Waals surface area (Å²) >= 11 is 0. The molecule has 0 aliphatic carbocycles. The molecule has 1 heterocycles. The predicted octanol–water partition coefficient (Wildman–Crippen LogP) is 2.96. The summed E-state index contributed by atoms with van der Waals surface area (Å²) < 4.78 is 5.48. The molecule has 14 heavy (non-hydrogen) atoms. The third-order valence-corrected chi connectivity index (χ3v) is 2.04. The Labute approximate surface area is 82.1 Å². The fraction of sp³-hybridized carbons (Fsp3) is 0.0909. The van der Waals surface area contributed by atoms with Gasteiger partial charge in [-0.05, 0) is 24.6 Å². The second-order valence-corrected chi connectivity index (χ2v) is 3.26. The van der Waals surface area contributed by atoms with Gasteiger partial charge in [0, 0.05) is 6.07 Å². The van der Waals surface area contributed by atoms with Crippen LogP contribution in [0.15, 0.2) is 42.7 Å². The van der Waals surface area contributed by atoms with Crippen molar-refractivity contribution in [3.05, 3.63) is 42.7 Å². The molecule has 1 aromatic heterocycles. The molecule has 0 atom stereocenters. The van der Waals surface area contributed by atoms with Gasteiger partial charge < -0.3 is 4.74 Å². The lowest BCUT2D eigenvalue weighted by atomic mass is 10.2. The summed E-state index contributed by atoms with van der Waals surface area (Å²) in [7, 11) is 0. The van der Waals surface area contributed by atoms with Crippen LogP contribution in [0.4, 0.5) is 0 Å². The molecule has 0 spiro atoms. The molecule has 2 N–H and O–H groups in total. The molecule has 0 aliphatic rings. The maximum atomic E-state index is 5.48. The van der Waals surface area contributed by atoms with E-state index in [0.29, 0.717) is 5.76 Å². The van der Waals surface area contributed by atoms with Crippen LogP contribution in [0.2, 0.25) is 0 Å². The van der Waals surface area contributed by atoms with Gasteiger partial charge in [0.05, 0.1) is 11.0 Å². The lowest BCUT2D eigenvalue weighted by Gasteiger charge is -2.10. The number of aromatic nitrogens is 2. The molecular formula is C11H12N2O. The van der Waals surface area contributed by atoms with Gasteiger partial charge >= 0.3 is 0 Å². The number of rotatable bonds is 3. The van der Waals surface area contributed by atoms with Crippen LogP contribution in [-0.2, 0) is 0 Å². The van der Waals surface area contributed by atoms with E-state index in [-0.39, 0.29) is 0 Å². The Morgan fingerprint density at radius 2 is 1.93 bits per heavy atom. The lowest BCUT2D eigenvalue weighted by molar-refractivity contribution is 0.439. The number of hydrogen-bond acceptors (Lipinski definition) is 1. The summed E-state index contributed by atoms with van der Waals surface area (Å²) in [6, 6.07) is 5.76. The SMILES string of the molecule is C=C(C)C(=C)Oc1ccc2[nH][nH]c2c1. The molecule has 0 saturated carbocycles. The Balaban J connectivity index is 2.20. The molecule has 72 valence electrons. The monoisotopic (exact) mass is 188 g/mol. The number of fused-ring (bicyclic) bond motifs is 1. The van der Waals surface area contributed by atoms with Gasteiger partial charge in [-0.25, -0.2) is 0 Å². The van der Waals surface area contributed by atoms with E-state index >= 15 is 0 Å². The molecule has 3 nitrogen and oxygen atoms in total. The van der Waals surface area contributed by atoms with Crippen molar-refractivity contribution >= 4 is 11.0 Å². The number of nitrogens with one attached hydrogen (secondary N) is 2. The van der Waals surface area contributed by atoms with Crippen LogP contribution in [0, 0.1) is 0 Å². The third-order valence-electron chi connectivity index (χ3n) is 2.04. The average Bonchev–Trinajstić information content (AvgIpc) is 2.09. The molecule has 0 radical (unpaired) electrons. The summed E-state index contributed by atoms with van der Waals surface area (Å²) in [5.74, 6) is 1.36. The Bertz CT molecular complexity index is 490. The van der Waals surface area contributed by atoms with Crippen LogP contribution in [0.25, 0.3) is 11.0 Å². The summed E-state index contributed by atoms with van der Waals surface area (Å²) in [6.07, 6.45) is 0. The van der Waals surface area contributed by atoms with Crippen molar-refractivity contribution in [2.24, 2.45) is 0 Å². The van der Waals surface area contributed by atoms with E-state index in [1.165, 1.54) is 0 Å². The Morgan fingerprint density at radius 1 is 1.21 bits per heavy atom. The number of ether oxygens (including phenoxy) is 1. The molecule has 2 aromatic rings. The van der Waals surface area contributed by atoms with E-state index in [1.807, 2.05) is 25.1 Å². The van der Waals surface area contributed by atoms with Crippen molar-refractivity contribution in [1.82, 2.24) is 10.2 Å². The largest absolute Gasteiger partial charge is 0.458 e. The summed E-state index contributed by atoms with van der Waals surface area (Å²) in [4.78, 5) is 0. The van der Waals surface area contributed by atoms with Gasteiger partial charge in [0.1, 0.15) is 11.5 Å². The molecular weight excluding hydrogens is 176 g/mol. The van der Waals surface area contributed by atoms with E-state index in [2.05, 4.69) is 23.4 Å². The van der Waals surface area contributed by atoms with E-state index < -0.39 is 0 Å². The second-order valence-electron chi connectivity index (χ2n) is 3.26. The number of H-pyrrole nitrogens is 2. The van der Waals surface area contributed by atoms with Crippen LogP contribution in [-0.4, -0.2) is 10.2 Å². The van der Waals surface area contributed by atoms with Gasteiger partial charge in [-0.2, -0.15) is 0 Å². The van der Waals surface area contributed by atoms with E-state index in [4.69, 9.17) is 4.74 Å². The Hall–Kier alpha value is -1.90. The quantitative estimate of drug-likeness (QED) is 0.564. The van der Waals surface area contributed by atoms with Crippen molar-refractivity contribution in [2.75, 3.05) is 0 Å². The molecule has 0 amide bonds. The molecule has 0 aliphatic heterocycles. The van der Waals surface area contributed by atoms with Gasteiger partial charge in [-0.3, -0.25) is 10.2 Å². The summed E-state index contributed by atoms with van der Waals surface area (Å²) in [6.45, 7) is 9.38. The summed E-state index contributed by atoms with van der Waals surface area (Å²) in [5.41, 5.74) is 2.95. The molecule has 0 fully saturated rings. The van der Waals surface area contributed by atoms with Crippen LogP contribution >= 0.6 is 0 Å². The fourth-order valence-corrected chi connectivity index (χ4v) is 1.10. The van der Waals surface area contributed by atoms with E-state index in [0.717, 1.165) is 22.4 Å². The molecule has 2 rings (SSSR count). The highest BCUT2D eigenvalue weighted by molar-refractivity contribution is 5.77. The molecule has 0 saturated heterocycles. The van der Waals surface area contributed by atoms with Crippen LogP contribution in [0.1, 0.15) is 6.92 Å². The van der Waals surface area contributed by atoms with Crippen molar-refractivity contribution in [3.63, 3.8) is 0 Å². The minimum atomic E-state index is 0.595. The maximum Gasteiger partial charge on any atom is 0.129 e. The Kier molecular flexibility index (Phi) is 1.93. The van der Waals surface area contributed by atoms with Gasteiger partial charge in [0.25, 0.3) is 0 Å². The first-order valence-corrected chi connectivity index (χ1v) is 4.35. The first-order valence-electron chi connectivity index (χ1n) is 4.35. The topological polar surface area (TPSA) is 40.8 Å². The van der Waals surface area contributed by atoms with Crippen molar-refractivity contribution in [2.45, 2.75) is 6.92 Å². The first-order chi connectivity index (χ1) is 6.66. The molecule has 3 heteroatoms. The highest BCUT2D eigenvalue weighted by atomic mass is 16.5. The van der Waals surface area contributed by atoms with Crippen LogP contribution in [0.3, 0.4) is 0 Å². The van der Waals surface area contributed by atoms with Crippen LogP contribution in [0.5, 0.6) is 5.75 Å². The zero-order chi connectivity index (χ0) is 10.1. The van der Waals surface area contributed by atoms with Crippen molar-refractivity contribution in [3.8, 4) is 5.75 Å². The highest BCUT2D eigenvalue weighted by Crippen LogP contribution is 2.21. The van der Waals surface area contributed by atoms with E-state index in [9.17, 15) is 0 Å². The van der Waals surface area contributed by atoms with Gasteiger partial charge in [-0.15, -0.1) is 0 Å². The summed E-state index contributed by atoms with van der Waals surface area (Å²) in [5, 5.41) is 5.90. The number of allylic oxidation sites excluding steroid dienone is 1. The maximum absolute atomic E-state index is 5.48. The molecule has 1 aromatic carbocycles. The van der Waals surface area contributed by atoms with E-state index in [1.54, 1.807) is 0 Å². The number of benzene rings is 1. The average molecular weight is 188 g/mol. The number of hydrogen-bond donors (Lipinski definition) is 2. The molecule has 0 bridgehead atoms. The van der Waals surface area contributed by atoms with Crippen molar-refractivity contribution in [1.29, 1.82) is 0 Å². The van der Waals surface area contributed by atoms with Gasteiger partial charge in [0.15, 0.2) is 0 Å². The second kappa shape index (κ2) is 3.10. The first kappa shape index (κ1) is 8.69. The number of aromatic amines is 2. The van der Waals surface area contributed by atoms with Gasteiger partial charge in [-0.1, -0.05) is 13.2 Å². The Morgan fingerprint density at radius 3 is 2.43 bits per heavy atom. The minimum Gasteiger partial charge on any atom is -0.458 e. The van der Waals surface area contributed by atoms with Crippen molar-refractivity contribution < 1.29 is 4.74 Å². The van der Waals surface area contributed by atoms with Gasteiger partial charge in [0.2, 0.25) is 0 Å². The zero-order valence-corrected chi connectivity index (χ0v) is 8.05. The standard InChI is InChI=1S/C11H12N2O/c1-7(2)8(3)14-9-4-5-10-11(6-9)13-12-10/h4-6,12-13H,1,3H2,2H3. The van der Waals surface area contributed by atoms with Crippen LogP contribution < -0.4 is 4.74 Å². The fourth-order valence-electron chi connectivity index (χ4n) is 1.10.